The average molecular weight is 257 g/mol. The third-order valence-corrected chi connectivity index (χ3v) is 2.76. The van der Waals surface area contributed by atoms with Crippen LogP contribution in [-0.4, -0.2) is 6.04 Å². The van der Waals surface area contributed by atoms with Gasteiger partial charge in [-0.3, -0.25) is 0 Å². The molecule has 4 N–H and O–H groups in total. The molecule has 1 rings (SSSR count). The van der Waals surface area contributed by atoms with Gasteiger partial charge in [-0.2, -0.15) is 0 Å². The van der Waals surface area contributed by atoms with E-state index in [0.29, 0.717) is 0 Å². The zero-order chi connectivity index (χ0) is 10.6. The van der Waals surface area contributed by atoms with E-state index in [2.05, 4.69) is 28.1 Å². The molecule has 0 aliphatic carbocycles. The highest BCUT2D eigenvalue weighted by Gasteiger charge is 2.06. The molecule has 1 aromatic rings. The smallest absolute Gasteiger partial charge is 0.0295 e. The van der Waals surface area contributed by atoms with E-state index in [-0.39, 0.29) is 12.1 Å². The van der Waals surface area contributed by atoms with Crippen LogP contribution in [0.25, 0.3) is 0 Å². The first-order valence-corrected chi connectivity index (χ1v) is 5.65. The van der Waals surface area contributed by atoms with E-state index in [9.17, 15) is 0 Å². The summed E-state index contributed by atoms with van der Waals surface area (Å²) in [4.78, 5) is 0. The molecule has 0 saturated carbocycles. The van der Waals surface area contributed by atoms with Gasteiger partial charge in [-0.05, 0) is 37.5 Å². The van der Waals surface area contributed by atoms with Crippen LogP contribution in [0.1, 0.15) is 31.4 Å². The molecular weight excluding hydrogens is 240 g/mol. The maximum atomic E-state index is 6.02. The first kappa shape index (κ1) is 11.7. The van der Waals surface area contributed by atoms with Gasteiger partial charge in [-0.1, -0.05) is 28.1 Å². The summed E-state index contributed by atoms with van der Waals surface area (Å²) in [6.45, 7) is 2.01. The molecule has 0 aliphatic heterocycles. The van der Waals surface area contributed by atoms with Crippen molar-refractivity contribution in [2.75, 3.05) is 0 Å². The fourth-order valence-electron chi connectivity index (χ4n) is 1.32. The molecule has 2 atom stereocenters. The van der Waals surface area contributed by atoms with Crippen LogP contribution in [0.3, 0.4) is 0 Å². The molecule has 3 heteroatoms. The average Bonchev–Trinajstić information content (AvgIpc) is 2.15. The summed E-state index contributed by atoms with van der Waals surface area (Å²) in [7, 11) is 0. The lowest BCUT2D eigenvalue weighted by Crippen LogP contribution is -2.18. The molecule has 0 spiro atoms. The van der Waals surface area contributed by atoms with Crippen LogP contribution < -0.4 is 11.5 Å². The molecule has 1 aromatic carbocycles. The predicted molar refractivity (Wildman–Crippen MR) is 64.0 cm³/mol. The zero-order valence-corrected chi connectivity index (χ0v) is 10.00. The third kappa shape index (κ3) is 3.78. The minimum atomic E-state index is 0.106. The first-order valence-electron chi connectivity index (χ1n) is 4.86. The highest BCUT2D eigenvalue weighted by Crippen LogP contribution is 2.18. The number of benzene rings is 1. The van der Waals surface area contributed by atoms with Gasteiger partial charge in [-0.25, -0.2) is 0 Å². The van der Waals surface area contributed by atoms with Crippen molar-refractivity contribution in [3.05, 3.63) is 34.3 Å². The van der Waals surface area contributed by atoms with Gasteiger partial charge in [0, 0.05) is 16.6 Å². The Bertz CT molecular complexity index is 269. The van der Waals surface area contributed by atoms with Gasteiger partial charge < -0.3 is 11.5 Å². The maximum absolute atomic E-state index is 6.02. The van der Waals surface area contributed by atoms with Crippen LogP contribution in [0.2, 0.25) is 0 Å². The molecule has 0 heterocycles. The zero-order valence-electron chi connectivity index (χ0n) is 8.41. The Morgan fingerprint density at radius 2 is 1.71 bits per heavy atom. The van der Waals surface area contributed by atoms with Crippen LogP contribution in [0.4, 0.5) is 0 Å². The lowest BCUT2D eigenvalue weighted by Gasteiger charge is -2.13. The van der Waals surface area contributed by atoms with Gasteiger partial charge in [0.25, 0.3) is 0 Å². The summed E-state index contributed by atoms with van der Waals surface area (Å²) < 4.78 is 1.08. The SMILES string of the molecule is CC(N)CCC(N)c1ccc(Br)cc1. The second kappa shape index (κ2) is 5.49. The van der Waals surface area contributed by atoms with Crippen LogP contribution in [0.15, 0.2) is 28.7 Å². The summed E-state index contributed by atoms with van der Waals surface area (Å²) in [6, 6.07) is 8.47. The topological polar surface area (TPSA) is 52.0 Å². The van der Waals surface area contributed by atoms with Gasteiger partial charge >= 0.3 is 0 Å². The van der Waals surface area contributed by atoms with E-state index in [0.717, 1.165) is 17.3 Å². The van der Waals surface area contributed by atoms with E-state index in [1.807, 2.05) is 19.1 Å². The third-order valence-electron chi connectivity index (χ3n) is 2.23. The Labute approximate surface area is 93.8 Å². The number of nitrogens with two attached hydrogens (primary N) is 2. The highest BCUT2D eigenvalue weighted by molar-refractivity contribution is 9.10. The minimum absolute atomic E-state index is 0.106. The molecule has 0 bridgehead atoms. The van der Waals surface area contributed by atoms with Crippen molar-refractivity contribution in [2.45, 2.75) is 31.8 Å². The molecule has 0 fully saturated rings. The van der Waals surface area contributed by atoms with E-state index in [1.54, 1.807) is 0 Å². The number of halogens is 1. The molecule has 0 saturated heterocycles. The fraction of sp³-hybridized carbons (Fsp3) is 0.455. The highest BCUT2D eigenvalue weighted by atomic mass is 79.9. The van der Waals surface area contributed by atoms with Crippen molar-refractivity contribution in [1.82, 2.24) is 0 Å². The Balaban J connectivity index is 2.52. The first-order chi connectivity index (χ1) is 6.59. The fourth-order valence-corrected chi connectivity index (χ4v) is 1.58. The Hall–Kier alpha value is -0.380. The van der Waals surface area contributed by atoms with Crippen LogP contribution in [0, 0.1) is 0 Å². The molecule has 0 amide bonds. The molecule has 78 valence electrons. The summed E-state index contributed by atoms with van der Waals surface area (Å²) in [5, 5.41) is 0. The van der Waals surface area contributed by atoms with Crippen LogP contribution >= 0.6 is 15.9 Å². The molecular formula is C11H17BrN2. The molecule has 2 nitrogen and oxygen atoms in total. The summed E-state index contributed by atoms with van der Waals surface area (Å²) in [5.74, 6) is 0. The van der Waals surface area contributed by atoms with E-state index in [4.69, 9.17) is 11.5 Å². The van der Waals surface area contributed by atoms with Crippen molar-refractivity contribution >= 4 is 15.9 Å². The molecule has 0 radical (unpaired) electrons. The molecule has 0 aromatic heterocycles. The van der Waals surface area contributed by atoms with Crippen molar-refractivity contribution in [2.24, 2.45) is 11.5 Å². The van der Waals surface area contributed by atoms with Crippen molar-refractivity contribution in [1.29, 1.82) is 0 Å². The lowest BCUT2D eigenvalue weighted by molar-refractivity contribution is 0.555. The summed E-state index contributed by atoms with van der Waals surface area (Å²) in [5.41, 5.74) is 12.9. The van der Waals surface area contributed by atoms with Crippen LogP contribution in [0.5, 0.6) is 0 Å². The minimum Gasteiger partial charge on any atom is -0.328 e. The summed E-state index contributed by atoms with van der Waals surface area (Å²) in [6.07, 6.45) is 1.91. The van der Waals surface area contributed by atoms with Gasteiger partial charge in [0.15, 0.2) is 0 Å². The van der Waals surface area contributed by atoms with Crippen molar-refractivity contribution < 1.29 is 0 Å². The van der Waals surface area contributed by atoms with Gasteiger partial charge in [0.1, 0.15) is 0 Å². The van der Waals surface area contributed by atoms with Crippen LogP contribution in [-0.2, 0) is 0 Å². The molecule has 2 unspecified atom stereocenters. The summed E-state index contributed by atoms with van der Waals surface area (Å²) >= 11 is 3.40. The van der Waals surface area contributed by atoms with Gasteiger partial charge in [0.05, 0.1) is 0 Å². The maximum Gasteiger partial charge on any atom is 0.0295 e. The monoisotopic (exact) mass is 256 g/mol. The molecule has 0 aliphatic rings. The van der Waals surface area contributed by atoms with E-state index >= 15 is 0 Å². The lowest BCUT2D eigenvalue weighted by atomic mass is 10.0. The Kier molecular flexibility index (Phi) is 4.58. The van der Waals surface area contributed by atoms with E-state index in [1.165, 1.54) is 5.56 Å². The molecule has 14 heavy (non-hydrogen) atoms. The van der Waals surface area contributed by atoms with Crippen molar-refractivity contribution in [3.63, 3.8) is 0 Å². The van der Waals surface area contributed by atoms with Gasteiger partial charge in [0.2, 0.25) is 0 Å². The van der Waals surface area contributed by atoms with Crippen molar-refractivity contribution in [3.8, 4) is 0 Å². The Morgan fingerprint density at radius 1 is 1.14 bits per heavy atom. The van der Waals surface area contributed by atoms with Gasteiger partial charge in [-0.15, -0.1) is 0 Å². The second-order valence-corrected chi connectivity index (χ2v) is 4.63. The largest absolute Gasteiger partial charge is 0.328 e. The second-order valence-electron chi connectivity index (χ2n) is 3.71. The number of hydrogen-bond donors (Lipinski definition) is 2. The Morgan fingerprint density at radius 3 is 2.21 bits per heavy atom. The van der Waals surface area contributed by atoms with E-state index < -0.39 is 0 Å². The number of rotatable bonds is 4. The predicted octanol–water partition coefficient (Wildman–Crippen LogP) is 2.58. The number of hydrogen-bond acceptors (Lipinski definition) is 2. The standard InChI is InChI=1S/C11H17BrN2/c1-8(13)2-7-11(14)9-3-5-10(12)6-4-9/h3-6,8,11H,2,7,13-14H2,1H3. The quantitative estimate of drug-likeness (QED) is 0.871. The normalized spacial score (nSPS) is 15.1.